The highest BCUT2D eigenvalue weighted by Gasteiger charge is 2.43. The topological polar surface area (TPSA) is 83.0 Å². The van der Waals surface area contributed by atoms with E-state index in [9.17, 15) is 18.3 Å². The van der Waals surface area contributed by atoms with E-state index in [0.29, 0.717) is 17.5 Å². The molecule has 10 heteroatoms. The number of anilines is 2. The molecule has 1 aliphatic carbocycles. The summed E-state index contributed by atoms with van der Waals surface area (Å²) >= 11 is 1.55. The zero-order valence-corrected chi connectivity index (χ0v) is 20.4. The molecule has 0 bridgehead atoms. The Morgan fingerprint density at radius 3 is 2.65 bits per heavy atom. The molecule has 184 valence electrons. The molecule has 3 atom stereocenters. The summed E-state index contributed by atoms with van der Waals surface area (Å²) in [4.78, 5) is 14.0. The van der Waals surface area contributed by atoms with E-state index >= 15 is 0 Å². The fourth-order valence-electron chi connectivity index (χ4n) is 4.65. The SMILES string of the molecule is Cc1nc(NCCCC(F)(F)F)nc(N[C@@]2(C)CC[C@H](CO)[C@H]2C)c1-c1nc2ccccc2s1. The Hall–Kier alpha value is -2.46. The Morgan fingerprint density at radius 1 is 1.21 bits per heavy atom. The number of nitrogens with one attached hydrogen (secondary N) is 2. The predicted molar refractivity (Wildman–Crippen MR) is 130 cm³/mol. The van der Waals surface area contributed by atoms with E-state index in [-0.39, 0.29) is 36.9 Å². The van der Waals surface area contributed by atoms with Crippen LogP contribution >= 0.6 is 11.3 Å². The Balaban J connectivity index is 1.68. The van der Waals surface area contributed by atoms with Crippen molar-refractivity contribution in [1.29, 1.82) is 0 Å². The molecule has 2 aromatic heterocycles. The molecule has 0 unspecified atom stereocenters. The smallest absolute Gasteiger partial charge is 0.389 e. The Labute approximate surface area is 201 Å². The number of alkyl halides is 3. The highest BCUT2D eigenvalue weighted by Crippen LogP contribution is 2.44. The molecule has 2 heterocycles. The zero-order valence-electron chi connectivity index (χ0n) is 19.5. The van der Waals surface area contributed by atoms with E-state index in [1.54, 1.807) is 11.3 Å². The van der Waals surface area contributed by atoms with E-state index < -0.39 is 12.6 Å². The summed E-state index contributed by atoms with van der Waals surface area (Å²) in [5.41, 5.74) is 2.08. The first-order valence-electron chi connectivity index (χ1n) is 11.5. The van der Waals surface area contributed by atoms with Crippen LogP contribution in [0.5, 0.6) is 0 Å². The summed E-state index contributed by atoms with van der Waals surface area (Å²) in [7, 11) is 0. The average Bonchev–Trinajstić information content (AvgIpc) is 3.31. The summed E-state index contributed by atoms with van der Waals surface area (Å²) in [6, 6.07) is 7.89. The molecule has 0 spiro atoms. The molecule has 3 aromatic rings. The van der Waals surface area contributed by atoms with Crippen LogP contribution in [0, 0.1) is 18.8 Å². The van der Waals surface area contributed by atoms with Crippen LogP contribution in [0.15, 0.2) is 24.3 Å². The fourth-order valence-corrected chi connectivity index (χ4v) is 5.71. The molecule has 1 saturated carbocycles. The van der Waals surface area contributed by atoms with Gasteiger partial charge in [-0.15, -0.1) is 11.3 Å². The second-order valence-corrected chi connectivity index (χ2v) is 10.3. The third-order valence-electron chi connectivity index (χ3n) is 6.90. The van der Waals surface area contributed by atoms with Crippen LogP contribution in [0.4, 0.5) is 24.9 Å². The van der Waals surface area contributed by atoms with Crippen molar-refractivity contribution >= 4 is 33.3 Å². The van der Waals surface area contributed by atoms with Crippen LogP contribution in [0.3, 0.4) is 0 Å². The third-order valence-corrected chi connectivity index (χ3v) is 7.96. The number of aliphatic hydroxyl groups is 1. The van der Waals surface area contributed by atoms with Gasteiger partial charge >= 0.3 is 6.18 Å². The van der Waals surface area contributed by atoms with Crippen LogP contribution in [0.2, 0.25) is 0 Å². The van der Waals surface area contributed by atoms with Gasteiger partial charge in [0.1, 0.15) is 10.8 Å². The van der Waals surface area contributed by atoms with Gasteiger partial charge in [-0.3, -0.25) is 0 Å². The number of thiazole rings is 1. The van der Waals surface area contributed by atoms with Gasteiger partial charge in [0.15, 0.2) is 0 Å². The number of nitrogens with zero attached hydrogens (tertiary/aromatic N) is 3. The number of hydrogen-bond acceptors (Lipinski definition) is 7. The van der Waals surface area contributed by atoms with Crippen LogP contribution < -0.4 is 10.6 Å². The van der Waals surface area contributed by atoms with Gasteiger partial charge in [-0.05, 0) is 57.1 Å². The van der Waals surface area contributed by atoms with Crippen molar-refractivity contribution in [2.45, 2.75) is 58.2 Å². The van der Waals surface area contributed by atoms with E-state index in [4.69, 9.17) is 9.97 Å². The first-order valence-corrected chi connectivity index (χ1v) is 12.4. The second kappa shape index (κ2) is 9.65. The molecule has 0 saturated heterocycles. The Morgan fingerprint density at radius 2 is 1.97 bits per heavy atom. The van der Waals surface area contributed by atoms with Crippen molar-refractivity contribution in [2.75, 3.05) is 23.8 Å². The molecule has 0 radical (unpaired) electrons. The van der Waals surface area contributed by atoms with Gasteiger partial charge in [0, 0.05) is 25.1 Å². The highest BCUT2D eigenvalue weighted by atomic mass is 32.1. The normalized spacial score (nSPS) is 22.9. The molecule has 0 aliphatic heterocycles. The first-order chi connectivity index (χ1) is 16.1. The average molecular weight is 494 g/mol. The third kappa shape index (κ3) is 5.27. The van der Waals surface area contributed by atoms with Gasteiger partial charge in [-0.25, -0.2) is 9.97 Å². The number of aromatic nitrogens is 3. The standard InChI is InChI=1S/C24H30F3N5OS/c1-14-16(13-33)9-11-23(14,3)32-20-19(21-30-17-7-4-5-8-18(17)34-21)15(2)29-22(31-20)28-12-6-10-24(25,26)27/h4-5,7-8,14,16,33H,6,9-13H2,1-3H3,(H2,28,29,31,32)/t14-,16-,23+/m1/s1. The summed E-state index contributed by atoms with van der Waals surface area (Å²) in [6.07, 6.45) is -3.31. The maximum Gasteiger partial charge on any atom is 0.389 e. The Kier molecular flexibility index (Phi) is 7.00. The van der Waals surface area contributed by atoms with E-state index in [2.05, 4.69) is 29.5 Å². The largest absolute Gasteiger partial charge is 0.396 e. The molecule has 0 amide bonds. The number of aryl methyl sites for hydroxylation is 1. The maximum absolute atomic E-state index is 12.5. The maximum atomic E-state index is 12.5. The van der Waals surface area contributed by atoms with Gasteiger partial charge in [0.25, 0.3) is 0 Å². The molecule has 1 aliphatic rings. The number of aliphatic hydroxyl groups excluding tert-OH is 1. The molecule has 1 aromatic carbocycles. The second-order valence-electron chi connectivity index (χ2n) is 9.30. The predicted octanol–water partition coefficient (Wildman–Crippen LogP) is 6.03. The van der Waals surface area contributed by atoms with Crippen molar-refractivity contribution < 1.29 is 18.3 Å². The van der Waals surface area contributed by atoms with Gasteiger partial charge in [-0.2, -0.15) is 18.2 Å². The minimum Gasteiger partial charge on any atom is -0.396 e. The minimum atomic E-state index is -4.18. The van der Waals surface area contributed by atoms with E-state index in [1.165, 1.54) is 0 Å². The summed E-state index contributed by atoms with van der Waals surface area (Å²) in [5, 5.41) is 17.1. The monoisotopic (exact) mass is 493 g/mol. The molecule has 3 N–H and O–H groups in total. The first kappa shape index (κ1) is 24.7. The lowest BCUT2D eigenvalue weighted by Gasteiger charge is -2.34. The van der Waals surface area contributed by atoms with Crippen molar-refractivity contribution in [3.63, 3.8) is 0 Å². The molecule has 4 rings (SSSR count). The van der Waals surface area contributed by atoms with E-state index in [1.807, 2.05) is 31.2 Å². The molecular weight excluding hydrogens is 463 g/mol. The van der Waals surface area contributed by atoms with Crippen molar-refractivity contribution in [2.24, 2.45) is 11.8 Å². The lowest BCUT2D eigenvalue weighted by atomic mass is 9.86. The lowest BCUT2D eigenvalue weighted by Crippen LogP contribution is -2.40. The summed E-state index contributed by atoms with van der Waals surface area (Å²) < 4.78 is 38.6. The van der Waals surface area contributed by atoms with Crippen molar-refractivity contribution in [3.05, 3.63) is 30.0 Å². The number of benzene rings is 1. The number of halogens is 3. The van der Waals surface area contributed by atoms with Gasteiger partial charge < -0.3 is 15.7 Å². The molecule has 1 fully saturated rings. The van der Waals surface area contributed by atoms with Crippen LogP contribution in [0.25, 0.3) is 20.8 Å². The Bertz CT molecular complexity index is 1120. The van der Waals surface area contributed by atoms with Gasteiger partial charge in [-0.1, -0.05) is 19.1 Å². The van der Waals surface area contributed by atoms with Gasteiger partial charge in [0.2, 0.25) is 5.95 Å². The summed E-state index contributed by atoms with van der Waals surface area (Å²) in [5.74, 6) is 1.31. The van der Waals surface area contributed by atoms with Crippen molar-refractivity contribution in [1.82, 2.24) is 15.0 Å². The molecule has 6 nitrogen and oxygen atoms in total. The van der Waals surface area contributed by atoms with Gasteiger partial charge in [0.05, 0.1) is 21.5 Å². The molecular formula is C24H30F3N5OS. The number of fused-ring (bicyclic) bond motifs is 1. The zero-order chi connectivity index (χ0) is 24.5. The molecule has 34 heavy (non-hydrogen) atoms. The van der Waals surface area contributed by atoms with Crippen LogP contribution in [-0.4, -0.2) is 44.9 Å². The summed E-state index contributed by atoms with van der Waals surface area (Å²) in [6.45, 7) is 6.38. The quantitative estimate of drug-likeness (QED) is 0.333. The number of para-hydroxylation sites is 1. The highest BCUT2D eigenvalue weighted by molar-refractivity contribution is 7.21. The van der Waals surface area contributed by atoms with Crippen molar-refractivity contribution in [3.8, 4) is 10.6 Å². The van der Waals surface area contributed by atoms with E-state index in [0.717, 1.165) is 33.6 Å². The number of rotatable bonds is 8. The van der Waals surface area contributed by atoms with Crippen LogP contribution in [-0.2, 0) is 0 Å². The fraction of sp³-hybridized carbons (Fsp3) is 0.542. The number of hydrogen-bond donors (Lipinski definition) is 3. The minimum absolute atomic E-state index is 0.0543. The van der Waals surface area contributed by atoms with Crippen LogP contribution in [0.1, 0.15) is 45.2 Å². The lowest BCUT2D eigenvalue weighted by molar-refractivity contribution is -0.134.